The first-order valence-corrected chi connectivity index (χ1v) is 10.3. The van der Waals surface area contributed by atoms with Gasteiger partial charge in [0.15, 0.2) is 0 Å². The first-order valence-electron chi connectivity index (χ1n) is 9.51. The van der Waals surface area contributed by atoms with Crippen LogP contribution in [0.3, 0.4) is 0 Å². The highest BCUT2D eigenvalue weighted by Gasteiger charge is 2.28. The third-order valence-corrected chi connectivity index (χ3v) is 6.88. The maximum Gasteiger partial charge on any atom is 0.274 e. The summed E-state index contributed by atoms with van der Waals surface area (Å²) in [6, 6.07) is 6.26. The Morgan fingerprint density at radius 2 is 1.96 bits per heavy atom. The van der Waals surface area contributed by atoms with Crippen LogP contribution in [0.15, 0.2) is 30.7 Å². The van der Waals surface area contributed by atoms with Crippen molar-refractivity contribution in [3.05, 3.63) is 41.2 Å². The molecule has 4 heterocycles. The van der Waals surface area contributed by atoms with E-state index in [0.717, 1.165) is 37.9 Å². The number of H-pyrrole nitrogens is 1. The Morgan fingerprint density at radius 1 is 1.12 bits per heavy atom. The molecule has 1 aliphatic carbocycles. The molecular weight excluding hydrogens is 342 g/mol. The zero-order valence-corrected chi connectivity index (χ0v) is 15.9. The van der Waals surface area contributed by atoms with Crippen LogP contribution in [-0.4, -0.2) is 36.1 Å². The molecule has 0 unspecified atom stereocenters. The fourth-order valence-electron chi connectivity index (χ4n) is 4.25. The molecule has 0 spiro atoms. The maximum atomic E-state index is 4.73. The number of fused-ring (bicyclic) bond motifs is 3. The number of rotatable bonds is 2. The number of hydrogen-bond acceptors (Lipinski definition) is 5. The van der Waals surface area contributed by atoms with Gasteiger partial charge in [-0.3, -0.25) is 4.90 Å². The molecule has 1 fully saturated rings. The molecule has 1 saturated heterocycles. The van der Waals surface area contributed by atoms with Gasteiger partial charge in [-0.05, 0) is 36.8 Å². The van der Waals surface area contributed by atoms with Crippen LogP contribution in [-0.2, 0) is 12.8 Å². The Labute approximate surface area is 157 Å². The molecule has 2 aliphatic rings. The predicted molar refractivity (Wildman–Crippen MR) is 106 cm³/mol. The largest absolute Gasteiger partial charge is 0.348 e. The molecule has 0 saturated carbocycles. The number of piperazine rings is 1. The maximum absolute atomic E-state index is 4.73. The summed E-state index contributed by atoms with van der Waals surface area (Å²) in [6.45, 7) is 6.37. The first kappa shape index (κ1) is 16.0. The molecule has 0 aromatic carbocycles. The summed E-state index contributed by atoms with van der Waals surface area (Å²) in [5, 5.41) is 1.33. The van der Waals surface area contributed by atoms with Gasteiger partial charge in [0, 0.05) is 10.9 Å². The van der Waals surface area contributed by atoms with Crippen molar-refractivity contribution in [3.8, 4) is 0 Å². The number of pyridine rings is 1. The van der Waals surface area contributed by atoms with E-state index >= 15 is 0 Å². The van der Waals surface area contributed by atoms with Crippen molar-refractivity contribution in [2.45, 2.75) is 26.2 Å². The summed E-state index contributed by atoms with van der Waals surface area (Å²) in [4.78, 5) is 20.3. The van der Waals surface area contributed by atoms with Crippen LogP contribution >= 0.6 is 11.3 Å². The van der Waals surface area contributed by atoms with Gasteiger partial charge in [0.05, 0.1) is 24.7 Å². The van der Waals surface area contributed by atoms with E-state index in [1.807, 2.05) is 23.6 Å². The van der Waals surface area contributed by atoms with Gasteiger partial charge in [-0.25, -0.2) is 15.0 Å². The van der Waals surface area contributed by atoms with Crippen LogP contribution in [0.4, 0.5) is 11.6 Å². The number of nitrogens with zero attached hydrogens (tertiary/aromatic N) is 4. The summed E-state index contributed by atoms with van der Waals surface area (Å²) < 4.78 is 0. The van der Waals surface area contributed by atoms with E-state index in [0.29, 0.717) is 0 Å². The Kier molecular flexibility index (Phi) is 4.00. The van der Waals surface area contributed by atoms with Crippen LogP contribution in [0.1, 0.15) is 23.8 Å². The first-order chi connectivity index (χ1) is 12.8. The lowest BCUT2D eigenvalue weighted by Gasteiger charge is -2.32. The van der Waals surface area contributed by atoms with E-state index in [2.05, 4.69) is 38.8 Å². The number of aromatic amines is 1. The van der Waals surface area contributed by atoms with Crippen molar-refractivity contribution in [1.82, 2.24) is 9.97 Å². The van der Waals surface area contributed by atoms with Crippen LogP contribution in [0.2, 0.25) is 0 Å². The van der Waals surface area contributed by atoms with E-state index < -0.39 is 0 Å². The second-order valence-electron chi connectivity index (χ2n) is 7.45. The van der Waals surface area contributed by atoms with Gasteiger partial charge in [-0.2, -0.15) is 0 Å². The average molecular weight is 367 g/mol. The minimum absolute atomic E-state index is 0.763. The molecule has 0 amide bonds. The monoisotopic (exact) mass is 366 g/mol. The Balaban J connectivity index is 1.44. The van der Waals surface area contributed by atoms with Crippen molar-refractivity contribution >= 4 is 33.2 Å². The molecule has 6 heteroatoms. The number of thiophene rings is 1. The highest BCUT2D eigenvalue weighted by molar-refractivity contribution is 7.19. The van der Waals surface area contributed by atoms with Gasteiger partial charge in [-0.15, -0.1) is 11.3 Å². The van der Waals surface area contributed by atoms with E-state index in [4.69, 9.17) is 4.98 Å². The topological polar surface area (TPSA) is 46.4 Å². The van der Waals surface area contributed by atoms with E-state index in [1.54, 1.807) is 6.33 Å². The summed E-state index contributed by atoms with van der Waals surface area (Å²) in [5.74, 6) is 3.11. The molecule has 1 N–H and O–H groups in total. The van der Waals surface area contributed by atoms with E-state index in [1.165, 1.54) is 45.7 Å². The van der Waals surface area contributed by atoms with E-state index in [-0.39, 0.29) is 0 Å². The zero-order chi connectivity index (χ0) is 17.5. The van der Waals surface area contributed by atoms with Crippen molar-refractivity contribution in [1.29, 1.82) is 0 Å². The van der Waals surface area contributed by atoms with Gasteiger partial charge < -0.3 is 4.90 Å². The second kappa shape index (κ2) is 6.50. The quantitative estimate of drug-likeness (QED) is 0.700. The third kappa shape index (κ3) is 2.72. The molecule has 1 atom stereocenters. The minimum Gasteiger partial charge on any atom is -0.348 e. The van der Waals surface area contributed by atoms with Crippen molar-refractivity contribution in [2.24, 2.45) is 5.92 Å². The fraction of sp³-hybridized carbons (Fsp3) is 0.450. The second-order valence-corrected chi connectivity index (χ2v) is 8.53. The van der Waals surface area contributed by atoms with Gasteiger partial charge >= 0.3 is 0 Å². The lowest BCUT2D eigenvalue weighted by atomic mass is 9.88. The smallest absolute Gasteiger partial charge is 0.274 e. The Morgan fingerprint density at radius 3 is 2.77 bits per heavy atom. The molecule has 0 bridgehead atoms. The lowest BCUT2D eigenvalue weighted by Crippen LogP contribution is -2.48. The summed E-state index contributed by atoms with van der Waals surface area (Å²) in [7, 11) is 0. The van der Waals surface area contributed by atoms with Crippen molar-refractivity contribution in [3.63, 3.8) is 0 Å². The fourth-order valence-corrected chi connectivity index (χ4v) is 5.42. The van der Waals surface area contributed by atoms with Gasteiger partial charge in [0.2, 0.25) is 0 Å². The standard InChI is InChI=1S/C20H23N5S/c1-14-5-6-16-15(12-14)18-19(22-13-23-20(18)26-16)25-10-8-24(9-11-25)17-4-2-3-7-21-17/h2-4,7,13-14H,5-6,8-12H2,1H3/p+1/t14-/m0/s1. The Bertz CT molecular complexity index is 915. The summed E-state index contributed by atoms with van der Waals surface area (Å²) in [5.41, 5.74) is 1.53. The number of aryl methyl sites for hydroxylation is 1. The zero-order valence-electron chi connectivity index (χ0n) is 15.1. The number of anilines is 2. The molecule has 1 aliphatic heterocycles. The molecule has 0 radical (unpaired) electrons. The van der Waals surface area contributed by atoms with Crippen LogP contribution in [0, 0.1) is 5.92 Å². The molecule has 134 valence electrons. The van der Waals surface area contributed by atoms with Crippen LogP contribution in [0.5, 0.6) is 0 Å². The van der Waals surface area contributed by atoms with E-state index in [9.17, 15) is 0 Å². The number of nitrogens with one attached hydrogen (secondary N) is 1. The average Bonchev–Trinajstić information content (AvgIpc) is 3.07. The molecule has 3 aromatic rings. The molecule has 5 nitrogen and oxygen atoms in total. The normalized spacial score (nSPS) is 20.4. The highest BCUT2D eigenvalue weighted by atomic mass is 32.1. The van der Waals surface area contributed by atoms with Crippen LogP contribution < -0.4 is 14.8 Å². The summed E-state index contributed by atoms with van der Waals surface area (Å²) >= 11 is 1.88. The van der Waals surface area contributed by atoms with Gasteiger partial charge in [-0.1, -0.05) is 13.0 Å². The minimum atomic E-state index is 0.763. The summed E-state index contributed by atoms with van der Waals surface area (Å²) in [6.07, 6.45) is 7.42. The molecule has 26 heavy (non-hydrogen) atoms. The Hall–Kier alpha value is -2.21. The lowest BCUT2D eigenvalue weighted by molar-refractivity contribution is -0.364. The van der Waals surface area contributed by atoms with Crippen molar-refractivity contribution < 1.29 is 4.98 Å². The molecule has 3 aromatic heterocycles. The van der Waals surface area contributed by atoms with Crippen molar-refractivity contribution in [2.75, 3.05) is 36.0 Å². The van der Waals surface area contributed by atoms with Gasteiger partial charge in [0.1, 0.15) is 30.1 Å². The SMILES string of the molecule is C[C@H]1CCc2sc3ncnc(N4CCN(c5cccc[nH+]5)CC4)c3c2C1. The number of aromatic nitrogens is 3. The number of hydrogen-bond donors (Lipinski definition) is 0. The highest BCUT2D eigenvalue weighted by Crippen LogP contribution is 2.40. The molecular formula is C20H24N5S+. The molecule has 5 rings (SSSR count). The predicted octanol–water partition coefficient (Wildman–Crippen LogP) is 2.96. The third-order valence-electron chi connectivity index (χ3n) is 5.68. The van der Waals surface area contributed by atoms with Gasteiger partial charge in [0.25, 0.3) is 5.82 Å². The van der Waals surface area contributed by atoms with Crippen LogP contribution in [0.25, 0.3) is 10.2 Å².